The lowest BCUT2D eigenvalue weighted by Crippen LogP contribution is -2.15. The molecule has 0 bridgehead atoms. The van der Waals surface area contributed by atoms with Crippen LogP contribution in [0.3, 0.4) is 0 Å². The first-order chi connectivity index (χ1) is 7.33. The van der Waals surface area contributed by atoms with Crippen molar-refractivity contribution >= 4 is 10.9 Å². The molecule has 2 heteroatoms. The number of nitrogens with one attached hydrogen (secondary N) is 1. The lowest BCUT2D eigenvalue weighted by Gasteiger charge is -1.99. The number of hydrogen-bond acceptors (Lipinski definition) is 1. The molecular weight excluding hydrogens is 184 g/mol. The van der Waals surface area contributed by atoms with Gasteiger partial charge in [0.05, 0.1) is 0 Å². The van der Waals surface area contributed by atoms with Gasteiger partial charge in [0.15, 0.2) is 0 Å². The second-order valence-electron chi connectivity index (χ2n) is 3.89. The summed E-state index contributed by atoms with van der Waals surface area (Å²) in [6.45, 7) is 4.25. The van der Waals surface area contributed by atoms with E-state index in [1.807, 2.05) is 0 Å². The molecule has 0 radical (unpaired) electrons. The van der Waals surface area contributed by atoms with E-state index in [0.717, 1.165) is 19.5 Å². The van der Waals surface area contributed by atoms with Gasteiger partial charge in [0.1, 0.15) is 0 Å². The zero-order chi connectivity index (χ0) is 10.7. The molecule has 0 saturated carbocycles. The first-order valence-electron chi connectivity index (χ1n) is 5.56. The standard InChI is InChI=1S/C13H18N2/c1-3-14-9-8-11-10-15(2)13-7-5-4-6-12(11)13/h4-7,10,14H,3,8-9H2,1-2H3. The summed E-state index contributed by atoms with van der Waals surface area (Å²) in [7, 11) is 2.11. The quantitative estimate of drug-likeness (QED) is 0.753. The number of likely N-dealkylation sites (N-methyl/N-ethyl adjacent to an activating group) is 1. The summed E-state index contributed by atoms with van der Waals surface area (Å²) in [5.41, 5.74) is 2.76. The predicted octanol–water partition coefficient (Wildman–Crippen LogP) is 2.33. The van der Waals surface area contributed by atoms with E-state index in [1.54, 1.807) is 0 Å². The minimum Gasteiger partial charge on any atom is -0.350 e. The molecule has 2 aromatic rings. The van der Waals surface area contributed by atoms with Crippen LogP contribution in [0.1, 0.15) is 12.5 Å². The van der Waals surface area contributed by atoms with Gasteiger partial charge >= 0.3 is 0 Å². The molecule has 2 rings (SSSR count). The molecule has 1 N–H and O–H groups in total. The number of benzene rings is 1. The van der Waals surface area contributed by atoms with E-state index in [4.69, 9.17) is 0 Å². The zero-order valence-corrected chi connectivity index (χ0v) is 9.46. The predicted molar refractivity (Wildman–Crippen MR) is 65.2 cm³/mol. The molecule has 0 amide bonds. The molecule has 0 atom stereocenters. The highest BCUT2D eigenvalue weighted by Gasteiger charge is 2.04. The van der Waals surface area contributed by atoms with Gasteiger partial charge in [-0.05, 0) is 31.1 Å². The summed E-state index contributed by atoms with van der Waals surface area (Å²) in [4.78, 5) is 0. The number of aromatic nitrogens is 1. The van der Waals surface area contributed by atoms with Gasteiger partial charge in [-0.15, -0.1) is 0 Å². The van der Waals surface area contributed by atoms with E-state index in [2.05, 4.69) is 54.3 Å². The molecule has 0 unspecified atom stereocenters. The van der Waals surface area contributed by atoms with Crippen LogP contribution in [0.4, 0.5) is 0 Å². The van der Waals surface area contributed by atoms with E-state index < -0.39 is 0 Å². The van der Waals surface area contributed by atoms with Crippen LogP contribution in [-0.4, -0.2) is 17.7 Å². The van der Waals surface area contributed by atoms with Crippen LogP contribution in [0.25, 0.3) is 10.9 Å². The Bertz CT molecular complexity index is 443. The first kappa shape index (κ1) is 10.2. The highest BCUT2D eigenvalue weighted by atomic mass is 14.9. The molecule has 0 aliphatic carbocycles. The van der Waals surface area contributed by atoms with Gasteiger partial charge in [-0.2, -0.15) is 0 Å². The average Bonchev–Trinajstić information content (AvgIpc) is 2.58. The van der Waals surface area contributed by atoms with Crippen LogP contribution in [0.2, 0.25) is 0 Å². The topological polar surface area (TPSA) is 17.0 Å². The van der Waals surface area contributed by atoms with Crippen LogP contribution in [-0.2, 0) is 13.5 Å². The lowest BCUT2D eigenvalue weighted by atomic mass is 10.1. The Morgan fingerprint density at radius 2 is 2.07 bits per heavy atom. The number of nitrogens with zero attached hydrogens (tertiary/aromatic N) is 1. The summed E-state index contributed by atoms with van der Waals surface area (Å²) >= 11 is 0. The maximum Gasteiger partial charge on any atom is 0.0480 e. The normalized spacial score (nSPS) is 11.1. The van der Waals surface area contributed by atoms with Crippen LogP contribution in [0.15, 0.2) is 30.5 Å². The van der Waals surface area contributed by atoms with Gasteiger partial charge in [0, 0.05) is 24.1 Å². The van der Waals surface area contributed by atoms with Crippen molar-refractivity contribution in [2.24, 2.45) is 7.05 Å². The SMILES string of the molecule is CCNCCc1cn(C)c2ccccc12. The summed E-state index contributed by atoms with van der Waals surface area (Å²) in [6, 6.07) is 8.58. The van der Waals surface area contributed by atoms with Crippen molar-refractivity contribution in [1.29, 1.82) is 0 Å². The van der Waals surface area contributed by atoms with E-state index in [9.17, 15) is 0 Å². The Labute approximate surface area is 90.9 Å². The molecule has 80 valence electrons. The number of para-hydroxylation sites is 1. The van der Waals surface area contributed by atoms with Crippen molar-refractivity contribution in [3.05, 3.63) is 36.0 Å². The monoisotopic (exact) mass is 202 g/mol. The van der Waals surface area contributed by atoms with E-state index in [-0.39, 0.29) is 0 Å². The molecule has 1 aromatic heterocycles. The highest BCUT2D eigenvalue weighted by molar-refractivity contribution is 5.83. The fourth-order valence-electron chi connectivity index (χ4n) is 2.02. The van der Waals surface area contributed by atoms with Crippen molar-refractivity contribution < 1.29 is 0 Å². The lowest BCUT2D eigenvalue weighted by molar-refractivity contribution is 0.717. The van der Waals surface area contributed by atoms with Crippen LogP contribution in [0.5, 0.6) is 0 Å². The maximum atomic E-state index is 3.36. The third-order valence-electron chi connectivity index (χ3n) is 2.80. The van der Waals surface area contributed by atoms with Gasteiger partial charge < -0.3 is 9.88 Å². The number of fused-ring (bicyclic) bond motifs is 1. The van der Waals surface area contributed by atoms with Crippen molar-refractivity contribution in [3.63, 3.8) is 0 Å². The molecule has 1 aromatic carbocycles. The third-order valence-corrected chi connectivity index (χ3v) is 2.80. The maximum absolute atomic E-state index is 3.36. The minimum atomic E-state index is 1.05. The molecule has 0 spiro atoms. The molecule has 1 heterocycles. The Morgan fingerprint density at radius 3 is 2.87 bits per heavy atom. The largest absolute Gasteiger partial charge is 0.350 e. The van der Waals surface area contributed by atoms with Gasteiger partial charge in [-0.1, -0.05) is 25.1 Å². The van der Waals surface area contributed by atoms with Crippen molar-refractivity contribution in [2.45, 2.75) is 13.3 Å². The van der Waals surface area contributed by atoms with Crippen molar-refractivity contribution in [1.82, 2.24) is 9.88 Å². The van der Waals surface area contributed by atoms with E-state index >= 15 is 0 Å². The van der Waals surface area contributed by atoms with E-state index in [0.29, 0.717) is 0 Å². The minimum absolute atomic E-state index is 1.05. The van der Waals surface area contributed by atoms with Crippen molar-refractivity contribution in [2.75, 3.05) is 13.1 Å². The van der Waals surface area contributed by atoms with Gasteiger partial charge in [0.25, 0.3) is 0 Å². The van der Waals surface area contributed by atoms with Gasteiger partial charge in [-0.3, -0.25) is 0 Å². The number of rotatable bonds is 4. The number of aryl methyl sites for hydroxylation is 1. The Kier molecular flexibility index (Phi) is 3.07. The Morgan fingerprint density at radius 1 is 1.27 bits per heavy atom. The first-order valence-corrected chi connectivity index (χ1v) is 5.56. The molecule has 15 heavy (non-hydrogen) atoms. The van der Waals surface area contributed by atoms with Crippen LogP contribution < -0.4 is 5.32 Å². The molecule has 0 fully saturated rings. The second kappa shape index (κ2) is 4.49. The summed E-state index contributed by atoms with van der Waals surface area (Å²) in [5, 5.41) is 4.75. The summed E-state index contributed by atoms with van der Waals surface area (Å²) in [5.74, 6) is 0. The Balaban J connectivity index is 2.27. The Hall–Kier alpha value is -1.28. The third kappa shape index (κ3) is 2.05. The fraction of sp³-hybridized carbons (Fsp3) is 0.385. The second-order valence-corrected chi connectivity index (χ2v) is 3.89. The summed E-state index contributed by atoms with van der Waals surface area (Å²) in [6.07, 6.45) is 3.34. The van der Waals surface area contributed by atoms with Crippen LogP contribution in [0, 0.1) is 0 Å². The molecule has 0 aliphatic heterocycles. The molecule has 2 nitrogen and oxygen atoms in total. The van der Waals surface area contributed by atoms with Gasteiger partial charge in [-0.25, -0.2) is 0 Å². The molecule has 0 saturated heterocycles. The number of hydrogen-bond donors (Lipinski definition) is 1. The van der Waals surface area contributed by atoms with E-state index in [1.165, 1.54) is 16.5 Å². The smallest absolute Gasteiger partial charge is 0.0480 e. The molecule has 0 aliphatic rings. The highest BCUT2D eigenvalue weighted by Crippen LogP contribution is 2.20. The average molecular weight is 202 g/mol. The summed E-state index contributed by atoms with van der Waals surface area (Å²) < 4.78 is 2.20. The zero-order valence-electron chi connectivity index (χ0n) is 9.46. The van der Waals surface area contributed by atoms with Gasteiger partial charge in [0.2, 0.25) is 0 Å². The molecular formula is C13H18N2. The van der Waals surface area contributed by atoms with Crippen LogP contribution >= 0.6 is 0 Å². The fourth-order valence-corrected chi connectivity index (χ4v) is 2.02. The van der Waals surface area contributed by atoms with Crippen molar-refractivity contribution in [3.8, 4) is 0 Å².